The van der Waals surface area contributed by atoms with Gasteiger partial charge in [-0.05, 0) is 56.2 Å². The van der Waals surface area contributed by atoms with Gasteiger partial charge in [-0.3, -0.25) is 0 Å². The summed E-state index contributed by atoms with van der Waals surface area (Å²) >= 11 is 5.68. The summed E-state index contributed by atoms with van der Waals surface area (Å²) in [6, 6.07) is 8.26. The summed E-state index contributed by atoms with van der Waals surface area (Å²) in [4.78, 5) is 6.47. The summed E-state index contributed by atoms with van der Waals surface area (Å²) in [5.41, 5.74) is 2.80. The highest BCUT2D eigenvalue weighted by Crippen LogP contribution is 2.32. The van der Waals surface area contributed by atoms with Crippen molar-refractivity contribution in [1.29, 1.82) is 0 Å². The lowest BCUT2D eigenvalue weighted by molar-refractivity contribution is 0.473. The summed E-state index contributed by atoms with van der Waals surface area (Å²) < 4.78 is 19.3. The molecule has 0 heterocycles. The van der Waals surface area contributed by atoms with Crippen LogP contribution in [-0.4, -0.2) is 24.8 Å². The summed E-state index contributed by atoms with van der Waals surface area (Å²) in [5.74, 6) is 0.589. The molecule has 0 aliphatic rings. The second-order valence-corrected chi connectivity index (χ2v) is 5.81. The first kappa shape index (κ1) is 17.3. The summed E-state index contributed by atoms with van der Waals surface area (Å²) in [6.07, 6.45) is 1.80. The summed E-state index contributed by atoms with van der Waals surface area (Å²) in [5, 5.41) is 0.0787. The van der Waals surface area contributed by atoms with Crippen molar-refractivity contribution in [2.45, 2.75) is 20.8 Å². The molecule has 0 N–H and O–H groups in total. The van der Waals surface area contributed by atoms with E-state index < -0.39 is 5.82 Å². The van der Waals surface area contributed by atoms with E-state index in [4.69, 9.17) is 16.3 Å². The van der Waals surface area contributed by atoms with Crippen LogP contribution in [-0.2, 0) is 0 Å². The minimum Gasteiger partial charge on any atom is -0.457 e. The van der Waals surface area contributed by atoms with Crippen molar-refractivity contribution in [2.24, 2.45) is 4.99 Å². The molecule has 23 heavy (non-hydrogen) atoms. The quantitative estimate of drug-likeness (QED) is 0.532. The second-order valence-electron chi connectivity index (χ2n) is 5.40. The van der Waals surface area contributed by atoms with Crippen LogP contribution in [0.15, 0.2) is 35.3 Å². The highest BCUT2D eigenvalue weighted by Gasteiger charge is 2.08. The van der Waals surface area contributed by atoms with Crippen molar-refractivity contribution < 1.29 is 9.13 Å². The normalized spacial score (nSPS) is 11.0. The van der Waals surface area contributed by atoms with Crippen LogP contribution in [0.1, 0.15) is 18.1 Å². The first-order valence-corrected chi connectivity index (χ1v) is 7.77. The van der Waals surface area contributed by atoms with E-state index in [0.29, 0.717) is 11.5 Å². The summed E-state index contributed by atoms with van der Waals surface area (Å²) in [6.45, 7) is 6.86. The van der Waals surface area contributed by atoms with Gasteiger partial charge >= 0.3 is 0 Å². The predicted molar refractivity (Wildman–Crippen MR) is 93.9 cm³/mol. The number of aliphatic imine (C=N–C) groups is 1. The van der Waals surface area contributed by atoms with Crippen molar-refractivity contribution in [3.05, 3.63) is 52.3 Å². The van der Waals surface area contributed by atoms with E-state index in [1.54, 1.807) is 12.4 Å². The molecule has 0 aliphatic carbocycles. The average Bonchev–Trinajstić information content (AvgIpc) is 2.52. The Hall–Kier alpha value is -2.07. The number of ether oxygens (including phenoxy) is 1. The fourth-order valence-electron chi connectivity index (χ4n) is 1.93. The van der Waals surface area contributed by atoms with Gasteiger partial charge in [0.05, 0.1) is 17.0 Å². The van der Waals surface area contributed by atoms with Crippen molar-refractivity contribution in [1.82, 2.24) is 4.90 Å². The van der Waals surface area contributed by atoms with Gasteiger partial charge in [-0.1, -0.05) is 11.6 Å². The van der Waals surface area contributed by atoms with Crippen molar-refractivity contribution in [3.63, 3.8) is 0 Å². The standard InChI is InChI=1S/C18H20ClFN2O/c1-5-22(4)11-21-17-8-13(3)18(9-12(17)2)23-14-6-7-15(19)16(20)10-14/h6-11H,5H2,1-4H3/b21-11+. The predicted octanol–water partition coefficient (Wildman–Crippen LogP) is 5.50. The third-order valence-corrected chi connectivity index (χ3v) is 3.81. The molecule has 5 heteroatoms. The van der Waals surface area contributed by atoms with Crippen molar-refractivity contribution in [2.75, 3.05) is 13.6 Å². The number of nitrogens with zero attached hydrogens (tertiary/aromatic N) is 2. The molecular weight excluding hydrogens is 315 g/mol. The zero-order valence-electron chi connectivity index (χ0n) is 13.7. The number of rotatable bonds is 5. The number of halogens is 2. The van der Waals surface area contributed by atoms with E-state index in [2.05, 4.69) is 11.9 Å². The lowest BCUT2D eigenvalue weighted by Gasteiger charge is -2.13. The lowest BCUT2D eigenvalue weighted by Crippen LogP contribution is -2.14. The molecule has 0 fully saturated rings. The molecule has 0 spiro atoms. The van der Waals surface area contributed by atoms with Crippen LogP contribution in [0.5, 0.6) is 11.5 Å². The largest absolute Gasteiger partial charge is 0.457 e. The molecular formula is C18H20ClFN2O. The van der Waals surface area contributed by atoms with Crippen LogP contribution < -0.4 is 4.74 Å². The molecule has 0 unspecified atom stereocenters. The topological polar surface area (TPSA) is 24.8 Å². The zero-order chi connectivity index (χ0) is 17.0. The van der Waals surface area contributed by atoms with Crippen LogP contribution in [0.3, 0.4) is 0 Å². The minimum atomic E-state index is -0.498. The van der Waals surface area contributed by atoms with Gasteiger partial charge in [-0.2, -0.15) is 0 Å². The number of benzene rings is 2. The van der Waals surface area contributed by atoms with E-state index >= 15 is 0 Å². The Morgan fingerprint density at radius 3 is 2.61 bits per heavy atom. The first-order valence-electron chi connectivity index (χ1n) is 7.39. The molecule has 0 aromatic heterocycles. The molecule has 0 amide bonds. The van der Waals surface area contributed by atoms with Gasteiger partial charge in [0.15, 0.2) is 0 Å². The molecule has 0 radical (unpaired) electrons. The van der Waals surface area contributed by atoms with Crippen molar-refractivity contribution >= 4 is 23.6 Å². The Morgan fingerprint density at radius 2 is 1.96 bits per heavy atom. The lowest BCUT2D eigenvalue weighted by atomic mass is 10.1. The maximum atomic E-state index is 13.5. The fourth-order valence-corrected chi connectivity index (χ4v) is 2.05. The third kappa shape index (κ3) is 4.45. The maximum absolute atomic E-state index is 13.5. The number of hydrogen-bond donors (Lipinski definition) is 0. The smallest absolute Gasteiger partial charge is 0.145 e. The molecule has 3 nitrogen and oxygen atoms in total. The van der Waals surface area contributed by atoms with Crippen LogP contribution in [0.25, 0.3) is 0 Å². The molecule has 2 aromatic rings. The van der Waals surface area contributed by atoms with E-state index in [1.807, 2.05) is 37.9 Å². The van der Waals surface area contributed by atoms with Gasteiger partial charge in [0.25, 0.3) is 0 Å². The van der Waals surface area contributed by atoms with E-state index in [0.717, 1.165) is 23.4 Å². The van der Waals surface area contributed by atoms with Crippen LogP contribution in [0, 0.1) is 19.7 Å². The molecule has 0 bridgehead atoms. The van der Waals surface area contributed by atoms with Gasteiger partial charge in [0, 0.05) is 19.7 Å². The van der Waals surface area contributed by atoms with Gasteiger partial charge in [-0.25, -0.2) is 9.38 Å². The third-order valence-electron chi connectivity index (χ3n) is 3.51. The van der Waals surface area contributed by atoms with Gasteiger partial charge in [0.1, 0.15) is 17.3 Å². The second kappa shape index (κ2) is 7.47. The summed E-state index contributed by atoms with van der Waals surface area (Å²) in [7, 11) is 1.97. The average molecular weight is 335 g/mol. The molecule has 0 aliphatic heterocycles. The van der Waals surface area contributed by atoms with Gasteiger partial charge < -0.3 is 9.64 Å². The molecule has 0 saturated carbocycles. The van der Waals surface area contributed by atoms with Crippen LogP contribution in [0.4, 0.5) is 10.1 Å². The Morgan fingerprint density at radius 1 is 1.22 bits per heavy atom. The highest BCUT2D eigenvalue weighted by molar-refractivity contribution is 6.30. The van der Waals surface area contributed by atoms with Gasteiger partial charge in [0.2, 0.25) is 0 Å². The first-order chi connectivity index (χ1) is 10.9. The molecule has 0 saturated heterocycles. The molecule has 2 rings (SSSR count). The highest BCUT2D eigenvalue weighted by atomic mass is 35.5. The number of hydrogen-bond acceptors (Lipinski definition) is 2. The zero-order valence-corrected chi connectivity index (χ0v) is 14.5. The minimum absolute atomic E-state index is 0.0787. The van der Waals surface area contributed by atoms with Gasteiger partial charge in [-0.15, -0.1) is 0 Å². The molecule has 122 valence electrons. The Kier molecular flexibility index (Phi) is 5.61. The van der Waals surface area contributed by atoms with E-state index in [1.165, 1.54) is 12.1 Å². The maximum Gasteiger partial charge on any atom is 0.145 e. The Labute approximate surface area is 141 Å². The van der Waals surface area contributed by atoms with Crippen LogP contribution in [0.2, 0.25) is 5.02 Å². The monoisotopic (exact) mass is 334 g/mol. The van der Waals surface area contributed by atoms with E-state index in [-0.39, 0.29) is 5.02 Å². The van der Waals surface area contributed by atoms with Crippen molar-refractivity contribution in [3.8, 4) is 11.5 Å². The van der Waals surface area contributed by atoms with Crippen LogP contribution >= 0.6 is 11.6 Å². The van der Waals surface area contributed by atoms with E-state index in [9.17, 15) is 4.39 Å². The molecule has 0 atom stereocenters. The SMILES string of the molecule is CCN(C)/C=N/c1cc(C)c(Oc2ccc(Cl)c(F)c2)cc1C. The Bertz CT molecular complexity index is 731. The molecule has 2 aromatic carbocycles. The number of aryl methyl sites for hydroxylation is 2. The Balaban J connectivity index is 2.25. The fraction of sp³-hybridized carbons (Fsp3) is 0.278.